The Labute approximate surface area is 179 Å². The number of hydrogen-bond donors (Lipinski definition) is 1. The molecule has 1 unspecified atom stereocenters. The zero-order valence-electron chi connectivity index (χ0n) is 17.4. The van der Waals surface area contributed by atoms with Crippen molar-refractivity contribution in [3.63, 3.8) is 0 Å². The van der Waals surface area contributed by atoms with Gasteiger partial charge < -0.3 is 4.90 Å². The largest absolute Gasteiger partial charge is 0.325 e. The van der Waals surface area contributed by atoms with Gasteiger partial charge in [0.2, 0.25) is 0 Å². The molecule has 1 N–H and O–H groups in total. The number of hydrogen-bond acceptors (Lipinski definition) is 7. The standard InChI is InChI=1S/C22H24N8O/c1-15-11-19-23-6-4-21(31)30(19)26-22(15)27-10-5-18-16(14-27)12-17(13-24-18)28-8-2-9-29-20(28)3-7-25-29/h3-4,6-7,11-13,22,26H,2,5,8-10,14H2,1H3. The summed E-state index contributed by atoms with van der Waals surface area (Å²) in [6.07, 6.45) is 9.28. The third-order valence-electron chi connectivity index (χ3n) is 6.37. The first-order chi connectivity index (χ1) is 15.2. The van der Waals surface area contributed by atoms with Crippen LogP contribution in [0.1, 0.15) is 30.4 Å². The first-order valence-corrected chi connectivity index (χ1v) is 10.7. The smallest absolute Gasteiger partial charge is 0.272 e. The number of aromatic nitrogens is 5. The van der Waals surface area contributed by atoms with Gasteiger partial charge in [0.1, 0.15) is 12.0 Å². The van der Waals surface area contributed by atoms with Gasteiger partial charge in [0, 0.05) is 56.6 Å². The Kier molecular flexibility index (Phi) is 4.17. The van der Waals surface area contributed by atoms with Gasteiger partial charge in [-0.25, -0.2) is 14.3 Å². The molecule has 0 saturated carbocycles. The molecule has 6 heterocycles. The molecule has 158 valence electrons. The zero-order chi connectivity index (χ0) is 20.9. The molecular formula is C22H24N8O. The molecule has 0 spiro atoms. The van der Waals surface area contributed by atoms with E-state index in [1.807, 2.05) is 18.5 Å². The van der Waals surface area contributed by atoms with Gasteiger partial charge in [0.15, 0.2) is 5.82 Å². The van der Waals surface area contributed by atoms with Crippen molar-refractivity contribution < 1.29 is 0 Å². The van der Waals surface area contributed by atoms with E-state index in [-0.39, 0.29) is 11.7 Å². The summed E-state index contributed by atoms with van der Waals surface area (Å²) in [4.78, 5) is 26.1. The van der Waals surface area contributed by atoms with Gasteiger partial charge in [0.25, 0.3) is 5.56 Å². The molecule has 0 saturated heterocycles. The average molecular weight is 416 g/mol. The van der Waals surface area contributed by atoms with Gasteiger partial charge in [-0.05, 0) is 36.6 Å². The molecule has 31 heavy (non-hydrogen) atoms. The third-order valence-corrected chi connectivity index (χ3v) is 6.37. The van der Waals surface area contributed by atoms with Crippen LogP contribution in [0.15, 0.2) is 47.2 Å². The number of rotatable bonds is 2. The number of nitrogens with zero attached hydrogens (tertiary/aromatic N) is 7. The molecule has 0 aliphatic carbocycles. The quantitative estimate of drug-likeness (QED) is 0.681. The van der Waals surface area contributed by atoms with Crippen molar-refractivity contribution in [3.05, 3.63) is 69.8 Å². The van der Waals surface area contributed by atoms with E-state index >= 15 is 0 Å². The van der Waals surface area contributed by atoms with Crippen molar-refractivity contribution in [3.8, 4) is 0 Å². The summed E-state index contributed by atoms with van der Waals surface area (Å²) >= 11 is 0. The molecule has 0 fully saturated rings. The van der Waals surface area contributed by atoms with E-state index < -0.39 is 0 Å². The van der Waals surface area contributed by atoms with E-state index in [1.165, 1.54) is 16.3 Å². The van der Waals surface area contributed by atoms with Crippen molar-refractivity contribution >= 4 is 17.6 Å². The molecule has 0 amide bonds. The summed E-state index contributed by atoms with van der Waals surface area (Å²) in [7, 11) is 0. The van der Waals surface area contributed by atoms with Crippen LogP contribution in [0.4, 0.5) is 11.5 Å². The van der Waals surface area contributed by atoms with Crippen LogP contribution in [0.5, 0.6) is 0 Å². The van der Waals surface area contributed by atoms with E-state index in [4.69, 9.17) is 4.98 Å². The van der Waals surface area contributed by atoms with Crippen molar-refractivity contribution in [2.45, 2.75) is 39.0 Å². The summed E-state index contributed by atoms with van der Waals surface area (Å²) in [5.74, 6) is 1.76. The molecule has 3 aromatic rings. The average Bonchev–Trinajstić information content (AvgIpc) is 3.27. The Morgan fingerprint density at radius 3 is 3.00 bits per heavy atom. The summed E-state index contributed by atoms with van der Waals surface area (Å²) in [6, 6.07) is 5.81. The monoisotopic (exact) mass is 416 g/mol. The maximum Gasteiger partial charge on any atom is 0.272 e. The highest BCUT2D eigenvalue weighted by Gasteiger charge is 2.29. The van der Waals surface area contributed by atoms with Crippen LogP contribution in [0.25, 0.3) is 6.08 Å². The number of pyridine rings is 1. The van der Waals surface area contributed by atoms with E-state index in [9.17, 15) is 4.79 Å². The van der Waals surface area contributed by atoms with Gasteiger partial charge in [-0.3, -0.25) is 20.1 Å². The van der Waals surface area contributed by atoms with Crippen molar-refractivity contribution in [2.75, 3.05) is 23.4 Å². The second-order valence-corrected chi connectivity index (χ2v) is 8.33. The Morgan fingerprint density at radius 1 is 1.13 bits per heavy atom. The molecular weight excluding hydrogens is 392 g/mol. The van der Waals surface area contributed by atoms with Gasteiger partial charge >= 0.3 is 0 Å². The van der Waals surface area contributed by atoms with E-state index in [1.54, 1.807) is 6.20 Å². The predicted octanol–water partition coefficient (Wildman–Crippen LogP) is 1.72. The fourth-order valence-electron chi connectivity index (χ4n) is 4.82. The van der Waals surface area contributed by atoms with Crippen molar-refractivity contribution in [2.24, 2.45) is 0 Å². The highest BCUT2D eigenvalue weighted by atomic mass is 16.1. The highest BCUT2D eigenvalue weighted by molar-refractivity contribution is 5.61. The Morgan fingerprint density at radius 2 is 2.06 bits per heavy atom. The molecule has 3 aromatic heterocycles. The van der Waals surface area contributed by atoms with Crippen LogP contribution in [-0.4, -0.2) is 48.6 Å². The topological polar surface area (TPSA) is 84.1 Å². The Hall–Kier alpha value is -3.46. The minimum atomic E-state index is -0.0955. The molecule has 3 aliphatic rings. The lowest BCUT2D eigenvalue weighted by Gasteiger charge is -2.39. The molecule has 9 nitrogen and oxygen atoms in total. The van der Waals surface area contributed by atoms with Crippen LogP contribution in [-0.2, 0) is 19.5 Å². The lowest BCUT2D eigenvalue weighted by molar-refractivity contribution is 0.205. The van der Waals surface area contributed by atoms with Crippen LogP contribution in [0.2, 0.25) is 0 Å². The number of fused-ring (bicyclic) bond motifs is 3. The second kappa shape index (κ2) is 7.05. The number of anilines is 2. The molecule has 6 rings (SSSR count). The van der Waals surface area contributed by atoms with Gasteiger partial charge in [0.05, 0.1) is 18.1 Å². The van der Waals surface area contributed by atoms with E-state index in [0.29, 0.717) is 5.82 Å². The summed E-state index contributed by atoms with van der Waals surface area (Å²) in [5.41, 5.74) is 7.91. The van der Waals surface area contributed by atoms with Crippen molar-refractivity contribution in [1.29, 1.82) is 0 Å². The SMILES string of the molecule is CC1=Cc2nccc(=O)n2NC1N1CCc2ncc(N3CCCn4nccc43)cc2C1. The van der Waals surface area contributed by atoms with E-state index in [0.717, 1.165) is 61.8 Å². The molecule has 0 aromatic carbocycles. The molecule has 0 radical (unpaired) electrons. The fraction of sp³-hybridized carbons (Fsp3) is 0.364. The summed E-state index contributed by atoms with van der Waals surface area (Å²) in [6.45, 7) is 5.66. The van der Waals surface area contributed by atoms with Gasteiger partial charge in [-0.1, -0.05) is 0 Å². The van der Waals surface area contributed by atoms with Crippen LogP contribution in [0, 0.1) is 0 Å². The van der Waals surface area contributed by atoms with Crippen LogP contribution < -0.4 is 15.9 Å². The molecule has 9 heteroatoms. The van der Waals surface area contributed by atoms with Crippen LogP contribution in [0.3, 0.4) is 0 Å². The molecule has 0 bridgehead atoms. The zero-order valence-corrected chi connectivity index (χ0v) is 17.4. The van der Waals surface area contributed by atoms with Gasteiger partial charge in [-0.2, -0.15) is 5.10 Å². The minimum Gasteiger partial charge on any atom is -0.325 e. The molecule has 3 aliphatic heterocycles. The fourth-order valence-corrected chi connectivity index (χ4v) is 4.82. The number of nitrogens with one attached hydrogen (secondary N) is 1. The second-order valence-electron chi connectivity index (χ2n) is 8.33. The normalized spacial score (nSPS) is 20.4. The lowest BCUT2D eigenvalue weighted by atomic mass is 10.0. The number of aryl methyl sites for hydroxylation is 1. The summed E-state index contributed by atoms with van der Waals surface area (Å²) in [5, 5.41) is 4.43. The maximum atomic E-state index is 12.3. The maximum absolute atomic E-state index is 12.3. The van der Waals surface area contributed by atoms with E-state index in [2.05, 4.69) is 49.0 Å². The highest BCUT2D eigenvalue weighted by Crippen LogP contribution is 2.31. The Balaban J connectivity index is 1.29. The molecule has 1 atom stereocenters. The first kappa shape index (κ1) is 18.3. The Bertz CT molecular complexity index is 1240. The first-order valence-electron chi connectivity index (χ1n) is 10.7. The lowest BCUT2D eigenvalue weighted by Crippen LogP contribution is -2.51. The van der Waals surface area contributed by atoms with Crippen molar-refractivity contribution in [1.82, 2.24) is 29.3 Å². The minimum absolute atomic E-state index is 0.0531. The predicted molar refractivity (Wildman–Crippen MR) is 117 cm³/mol. The third kappa shape index (κ3) is 3.04. The van der Waals surface area contributed by atoms with Crippen LogP contribution >= 0.6 is 0 Å². The van der Waals surface area contributed by atoms with Gasteiger partial charge in [-0.15, -0.1) is 0 Å². The summed E-state index contributed by atoms with van der Waals surface area (Å²) < 4.78 is 3.59.